The SMILES string of the molecule is O=Cc1cc2ccc(Cl)cc2[nH]1. The zero-order valence-electron chi connectivity index (χ0n) is 6.17. The third kappa shape index (κ3) is 1.10. The number of aldehydes is 1. The fourth-order valence-corrected chi connectivity index (χ4v) is 1.36. The number of fused-ring (bicyclic) bond motifs is 1. The first-order valence-corrected chi connectivity index (χ1v) is 3.91. The summed E-state index contributed by atoms with van der Waals surface area (Å²) in [4.78, 5) is 13.3. The van der Waals surface area contributed by atoms with Crippen LogP contribution >= 0.6 is 11.6 Å². The molecular formula is C9H6ClNO. The molecule has 2 rings (SSSR count). The summed E-state index contributed by atoms with van der Waals surface area (Å²) in [5, 5.41) is 1.67. The second-order valence-corrected chi connectivity index (χ2v) is 3.01. The summed E-state index contributed by atoms with van der Waals surface area (Å²) in [6.45, 7) is 0. The molecule has 0 aliphatic carbocycles. The predicted octanol–water partition coefficient (Wildman–Crippen LogP) is 2.63. The van der Waals surface area contributed by atoms with Crippen LogP contribution in [0.5, 0.6) is 0 Å². The Hall–Kier alpha value is -1.28. The van der Waals surface area contributed by atoms with Crippen LogP contribution in [-0.2, 0) is 0 Å². The standard InChI is InChI=1S/C9H6ClNO/c10-7-2-1-6-3-8(5-12)11-9(6)4-7/h1-5,11H. The fourth-order valence-electron chi connectivity index (χ4n) is 1.19. The molecule has 3 heteroatoms. The van der Waals surface area contributed by atoms with Crippen molar-refractivity contribution in [3.8, 4) is 0 Å². The van der Waals surface area contributed by atoms with Crippen LogP contribution in [0.15, 0.2) is 24.3 Å². The molecule has 0 aliphatic heterocycles. The molecule has 0 unspecified atom stereocenters. The molecule has 1 aromatic carbocycles. The van der Waals surface area contributed by atoms with Gasteiger partial charge in [-0.15, -0.1) is 0 Å². The van der Waals surface area contributed by atoms with Crippen LogP contribution < -0.4 is 0 Å². The lowest BCUT2D eigenvalue weighted by atomic mass is 10.2. The highest BCUT2D eigenvalue weighted by molar-refractivity contribution is 6.31. The number of aromatic nitrogens is 1. The first-order chi connectivity index (χ1) is 5.79. The maximum atomic E-state index is 10.4. The Kier molecular flexibility index (Phi) is 1.62. The molecule has 0 radical (unpaired) electrons. The molecule has 1 heterocycles. The minimum absolute atomic E-state index is 0.576. The van der Waals surface area contributed by atoms with Gasteiger partial charge in [0.15, 0.2) is 6.29 Å². The van der Waals surface area contributed by atoms with Crippen LogP contribution in [0.3, 0.4) is 0 Å². The second kappa shape index (κ2) is 2.64. The van der Waals surface area contributed by atoms with Crippen molar-refractivity contribution in [1.29, 1.82) is 0 Å². The van der Waals surface area contributed by atoms with E-state index in [1.165, 1.54) is 0 Å². The minimum atomic E-state index is 0.576. The van der Waals surface area contributed by atoms with Gasteiger partial charge < -0.3 is 4.98 Å². The average Bonchev–Trinajstić information content (AvgIpc) is 2.46. The Morgan fingerprint density at radius 1 is 1.33 bits per heavy atom. The Bertz CT molecular complexity index is 433. The molecule has 0 fully saturated rings. The number of benzene rings is 1. The number of H-pyrrole nitrogens is 1. The highest BCUT2D eigenvalue weighted by Crippen LogP contribution is 2.18. The van der Waals surface area contributed by atoms with E-state index in [9.17, 15) is 4.79 Å². The summed E-state index contributed by atoms with van der Waals surface area (Å²) in [7, 11) is 0. The Morgan fingerprint density at radius 2 is 2.17 bits per heavy atom. The third-order valence-corrected chi connectivity index (χ3v) is 1.97. The van der Waals surface area contributed by atoms with Crippen molar-refractivity contribution in [2.45, 2.75) is 0 Å². The van der Waals surface area contributed by atoms with Gasteiger partial charge in [0.05, 0.1) is 5.69 Å². The molecule has 2 aromatic rings. The summed E-state index contributed by atoms with van der Waals surface area (Å²) < 4.78 is 0. The molecular weight excluding hydrogens is 174 g/mol. The van der Waals surface area contributed by atoms with Crippen LogP contribution in [0, 0.1) is 0 Å². The molecule has 1 N–H and O–H groups in total. The lowest BCUT2D eigenvalue weighted by Gasteiger charge is -1.88. The Morgan fingerprint density at radius 3 is 2.92 bits per heavy atom. The van der Waals surface area contributed by atoms with Crippen molar-refractivity contribution in [2.75, 3.05) is 0 Å². The fraction of sp³-hybridized carbons (Fsp3) is 0. The van der Waals surface area contributed by atoms with Crippen molar-refractivity contribution >= 4 is 28.8 Å². The zero-order valence-corrected chi connectivity index (χ0v) is 6.93. The number of carbonyl (C=O) groups excluding carboxylic acids is 1. The van der Waals surface area contributed by atoms with Crippen molar-refractivity contribution in [1.82, 2.24) is 4.98 Å². The molecule has 2 nitrogen and oxygen atoms in total. The maximum absolute atomic E-state index is 10.4. The van der Waals surface area contributed by atoms with Crippen LogP contribution in [0.1, 0.15) is 10.5 Å². The third-order valence-electron chi connectivity index (χ3n) is 1.73. The highest BCUT2D eigenvalue weighted by Gasteiger charge is 1.98. The Balaban J connectivity index is 2.75. The van der Waals surface area contributed by atoms with Gasteiger partial charge in [-0.1, -0.05) is 17.7 Å². The molecule has 0 amide bonds. The van der Waals surface area contributed by atoms with E-state index in [4.69, 9.17) is 11.6 Å². The molecule has 0 bridgehead atoms. The summed E-state index contributed by atoms with van der Waals surface area (Å²) in [6, 6.07) is 7.26. The minimum Gasteiger partial charge on any atom is -0.352 e. The van der Waals surface area contributed by atoms with Crippen LogP contribution in [0.4, 0.5) is 0 Å². The van der Waals surface area contributed by atoms with Gasteiger partial charge >= 0.3 is 0 Å². The summed E-state index contributed by atoms with van der Waals surface area (Å²) >= 11 is 5.76. The van der Waals surface area contributed by atoms with Gasteiger partial charge in [-0.25, -0.2) is 0 Å². The topological polar surface area (TPSA) is 32.9 Å². The lowest BCUT2D eigenvalue weighted by molar-refractivity contribution is 0.112. The summed E-state index contributed by atoms with van der Waals surface area (Å²) in [5.41, 5.74) is 1.47. The van der Waals surface area contributed by atoms with E-state index in [0.717, 1.165) is 17.2 Å². The van der Waals surface area contributed by atoms with E-state index in [-0.39, 0.29) is 0 Å². The van der Waals surface area contributed by atoms with Crippen molar-refractivity contribution < 1.29 is 4.79 Å². The van der Waals surface area contributed by atoms with Gasteiger partial charge in [-0.2, -0.15) is 0 Å². The molecule has 0 aliphatic rings. The molecule has 1 aromatic heterocycles. The molecule has 0 spiro atoms. The number of nitrogens with one attached hydrogen (secondary N) is 1. The predicted molar refractivity (Wildman–Crippen MR) is 48.7 cm³/mol. The number of hydrogen-bond acceptors (Lipinski definition) is 1. The van der Waals surface area contributed by atoms with Crippen LogP contribution in [-0.4, -0.2) is 11.3 Å². The van der Waals surface area contributed by atoms with Gasteiger partial charge in [0.1, 0.15) is 0 Å². The zero-order chi connectivity index (χ0) is 8.55. The van der Waals surface area contributed by atoms with Gasteiger partial charge in [-0.05, 0) is 18.2 Å². The van der Waals surface area contributed by atoms with Gasteiger partial charge in [0.2, 0.25) is 0 Å². The number of hydrogen-bond donors (Lipinski definition) is 1. The van der Waals surface area contributed by atoms with E-state index in [1.54, 1.807) is 18.2 Å². The number of rotatable bonds is 1. The average molecular weight is 180 g/mol. The van der Waals surface area contributed by atoms with Crippen LogP contribution in [0.25, 0.3) is 10.9 Å². The van der Waals surface area contributed by atoms with Crippen molar-refractivity contribution in [2.24, 2.45) is 0 Å². The second-order valence-electron chi connectivity index (χ2n) is 2.57. The first-order valence-electron chi connectivity index (χ1n) is 3.53. The van der Waals surface area contributed by atoms with Gasteiger partial charge in [0, 0.05) is 15.9 Å². The maximum Gasteiger partial charge on any atom is 0.166 e. The number of aromatic amines is 1. The molecule has 12 heavy (non-hydrogen) atoms. The largest absolute Gasteiger partial charge is 0.352 e. The number of halogens is 1. The summed E-state index contributed by atoms with van der Waals surface area (Å²) in [5.74, 6) is 0. The van der Waals surface area contributed by atoms with E-state index in [1.807, 2.05) is 6.07 Å². The van der Waals surface area contributed by atoms with Crippen LogP contribution in [0.2, 0.25) is 5.02 Å². The highest BCUT2D eigenvalue weighted by atomic mass is 35.5. The normalized spacial score (nSPS) is 10.4. The van der Waals surface area contributed by atoms with Gasteiger partial charge in [-0.3, -0.25) is 4.79 Å². The summed E-state index contributed by atoms with van der Waals surface area (Å²) in [6.07, 6.45) is 0.786. The molecule has 0 atom stereocenters. The first kappa shape index (κ1) is 7.37. The smallest absolute Gasteiger partial charge is 0.166 e. The van der Waals surface area contributed by atoms with Gasteiger partial charge in [0.25, 0.3) is 0 Å². The van der Waals surface area contributed by atoms with E-state index < -0.39 is 0 Å². The quantitative estimate of drug-likeness (QED) is 0.671. The van der Waals surface area contributed by atoms with E-state index in [0.29, 0.717) is 10.7 Å². The molecule has 60 valence electrons. The Labute approximate surface area is 74.2 Å². The molecule has 0 saturated carbocycles. The monoisotopic (exact) mass is 179 g/mol. The van der Waals surface area contributed by atoms with Crippen molar-refractivity contribution in [3.05, 3.63) is 35.0 Å². The van der Waals surface area contributed by atoms with E-state index >= 15 is 0 Å². The lowest BCUT2D eigenvalue weighted by Crippen LogP contribution is -1.74. The molecule has 0 saturated heterocycles. The van der Waals surface area contributed by atoms with Crippen molar-refractivity contribution in [3.63, 3.8) is 0 Å². The van der Waals surface area contributed by atoms with E-state index in [2.05, 4.69) is 4.98 Å². The number of carbonyl (C=O) groups is 1.